The van der Waals surface area contributed by atoms with Crippen molar-refractivity contribution >= 4 is 24.1 Å². The first kappa shape index (κ1) is 22.8. The van der Waals surface area contributed by atoms with E-state index in [0.717, 1.165) is 6.08 Å². The van der Waals surface area contributed by atoms with Gasteiger partial charge in [-0.15, -0.1) is 0 Å². The van der Waals surface area contributed by atoms with Crippen molar-refractivity contribution in [3.05, 3.63) is 25.3 Å². The Hall–Kier alpha value is -2.48. The Labute approximate surface area is 136 Å². The van der Waals surface area contributed by atoms with E-state index in [2.05, 4.69) is 23.8 Å². The number of nitrogens with one attached hydrogen (secondary N) is 2. The Bertz CT molecular complexity index is 404. The summed E-state index contributed by atoms with van der Waals surface area (Å²) in [6.45, 7) is 8.17. The molecule has 23 heavy (non-hydrogen) atoms. The molecule has 0 rings (SSSR count). The number of aliphatic carboxylic acids is 1. The number of nitrogens with zero attached hydrogens (tertiary/aromatic N) is 1. The topological polar surface area (TPSA) is 116 Å². The molecule has 0 saturated heterocycles. The lowest BCUT2D eigenvalue weighted by atomic mass is 10.2. The highest BCUT2D eigenvalue weighted by atomic mass is 16.4. The van der Waals surface area contributed by atoms with Crippen LogP contribution < -0.4 is 10.6 Å². The van der Waals surface area contributed by atoms with Gasteiger partial charge in [-0.25, -0.2) is 0 Å². The van der Waals surface area contributed by atoms with Crippen molar-refractivity contribution in [1.29, 1.82) is 0 Å². The zero-order chi connectivity index (χ0) is 18.1. The number of hydrogen-bond donors (Lipinski definition) is 3. The van der Waals surface area contributed by atoms with E-state index in [0.29, 0.717) is 32.5 Å². The Kier molecular flexibility index (Phi) is 15.8. The number of rotatable bonds is 11. The first-order chi connectivity index (χ1) is 10.9. The second-order valence-corrected chi connectivity index (χ2v) is 4.25. The van der Waals surface area contributed by atoms with Crippen molar-refractivity contribution in [2.75, 3.05) is 33.2 Å². The van der Waals surface area contributed by atoms with E-state index in [-0.39, 0.29) is 24.7 Å². The number of amides is 2. The molecule has 0 radical (unpaired) electrons. The molecule has 8 heteroatoms. The first-order valence-electron chi connectivity index (χ1n) is 7.03. The van der Waals surface area contributed by atoms with Crippen LogP contribution in [0.3, 0.4) is 0 Å². The predicted molar refractivity (Wildman–Crippen MR) is 86.8 cm³/mol. The smallest absolute Gasteiger partial charge is 0.303 e. The fourth-order valence-corrected chi connectivity index (χ4v) is 1.37. The van der Waals surface area contributed by atoms with Crippen LogP contribution in [0.15, 0.2) is 25.3 Å². The highest BCUT2D eigenvalue weighted by Crippen LogP contribution is 1.97. The number of carboxylic acids is 1. The van der Waals surface area contributed by atoms with Gasteiger partial charge in [-0.3, -0.25) is 19.2 Å². The van der Waals surface area contributed by atoms with Crippen LogP contribution in [0, 0.1) is 0 Å². The van der Waals surface area contributed by atoms with Gasteiger partial charge in [-0.05, 0) is 19.2 Å². The number of aldehydes is 1. The molecule has 8 nitrogen and oxygen atoms in total. The molecule has 0 bridgehead atoms. The van der Waals surface area contributed by atoms with Gasteiger partial charge in [-0.1, -0.05) is 13.2 Å². The first-order valence-corrected chi connectivity index (χ1v) is 7.03. The van der Waals surface area contributed by atoms with E-state index >= 15 is 0 Å². The molecule has 0 aromatic heterocycles. The molecule has 0 fully saturated rings. The molecule has 2 amide bonds. The van der Waals surface area contributed by atoms with Gasteiger partial charge in [-0.2, -0.15) is 0 Å². The van der Waals surface area contributed by atoms with Crippen LogP contribution in [-0.2, 0) is 19.2 Å². The maximum Gasteiger partial charge on any atom is 0.303 e. The molecule has 0 atom stereocenters. The second kappa shape index (κ2) is 15.9. The van der Waals surface area contributed by atoms with Crippen molar-refractivity contribution in [3.8, 4) is 0 Å². The van der Waals surface area contributed by atoms with E-state index in [1.54, 1.807) is 7.05 Å². The van der Waals surface area contributed by atoms with Crippen LogP contribution in [-0.4, -0.2) is 67.3 Å². The molecule has 0 aromatic rings. The van der Waals surface area contributed by atoms with Crippen molar-refractivity contribution < 1.29 is 24.3 Å². The Morgan fingerprint density at radius 1 is 1.13 bits per heavy atom. The van der Waals surface area contributed by atoms with Gasteiger partial charge in [0.05, 0.1) is 6.42 Å². The molecule has 0 unspecified atom stereocenters. The van der Waals surface area contributed by atoms with E-state index in [1.807, 2.05) is 0 Å². The fraction of sp³-hybridized carbons (Fsp3) is 0.467. The molecule has 130 valence electrons. The maximum absolute atomic E-state index is 11.8. The summed E-state index contributed by atoms with van der Waals surface area (Å²) in [7, 11) is 1.76. The molecule has 3 N–H and O–H groups in total. The van der Waals surface area contributed by atoms with Crippen LogP contribution in [0.5, 0.6) is 0 Å². The molecule has 0 aliphatic carbocycles. The summed E-state index contributed by atoms with van der Waals surface area (Å²) in [6.07, 6.45) is 2.77. The number of carbonyl (C=O) groups is 4. The van der Waals surface area contributed by atoms with Gasteiger partial charge in [0.25, 0.3) is 0 Å². The number of carboxylic acid groups (broad SMARTS) is 1. The molecule has 0 aromatic carbocycles. The van der Waals surface area contributed by atoms with Crippen LogP contribution in [0.2, 0.25) is 0 Å². The summed E-state index contributed by atoms with van der Waals surface area (Å²) in [6, 6.07) is 0. The zero-order valence-electron chi connectivity index (χ0n) is 13.4. The normalized spacial score (nSPS) is 8.91. The minimum atomic E-state index is -0.998. The van der Waals surface area contributed by atoms with E-state index in [9.17, 15) is 14.4 Å². The molecule has 0 aliphatic heterocycles. The third kappa shape index (κ3) is 15.7. The lowest BCUT2D eigenvalue weighted by Gasteiger charge is -2.22. The quantitative estimate of drug-likeness (QED) is 0.350. The van der Waals surface area contributed by atoms with Crippen LogP contribution in [0.4, 0.5) is 0 Å². The summed E-state index contributed by atoms with van der Waals surface area (Å²) in [5, 5.41) is 14.0. The van der Waals surface area contributed by atoms with Gasteiger partial charge in [0.1, 0.15) is 6.29 Å². The third-order valence-corrected chi connectivity index (χ3v) is 2.50. The molecule has 0 aliphatic rings. The van der Waals surface area contributed by atoms with Crippen molar-refractivity contribution in [2.24, 2.45) is 0 Å². The summed E-state index contributed by atoms with van der Waals surface area (Å²) >= 11 is 0. The molecule has 0 saturated carbocycles. The van der Waals surface area contributed by atoms with E-state index < -0.39 is 5.97 Å². The predicted octanol–water partition coefficient (Wildman–Crippen LogP) is -0.427. The van der Waals surface area contributed by atoms with Crippen LogP contribution in [0.1, 0.15) is 12.8 Å². The molecular weight excluding hydrogens is 302 g/mol. The monoisotopic (exact) mass is 327 g/mol. The van der Waals surface area contributed by atoms with Crippen molar-refractivity contribution in [3.63, 3.8) is 0 Å². The van der Waals surface area contributed by atoms with E-state index in [4.69, 9.17) is 9.90 Å². The average molecular weight is 327 g/mol. The number of hydrogen-bond acceptors (Lipinski definition) is 5. The summed E-state index contributed by atoms with van der Waals surface area (Å²) < 4.78 is 0. The lowest BCUT2D eigenvalue weighted by Crippen LogP contribution is -2.41. The SMILES string of the molecule is C=CC(=O)NCCN(CCNC)C(=O)CCC(=O)O.C=CC=O. The lowest BCUT2D eigenvalue weighted by molar-refractivity contribution is -0.140. The zero-order valence-corrected chi connectivity index (χ0v) is 13.4. The van der Waals surface area contributed by atoms with Gasteiger partial charge < -0.3 is 20.6 Å². The Morgan fingerprint density at radius 3 is 2.13 bits per heavy atom. The molecular formula is C15H25N3O5. The maximum atomic E-state index is 11.8. The van der Waals surface area contributed by atoms with Crippen LogP contribution in [0.25, 0.3) is 0 Å². The van der Waals surface area contributed by atoms with Crippen molar-refractivity contribution in [1.82, 2.24) is 15.5 Å². The summed E-state index contributed by atoms with van der Waals surface area (Å²) in [4.78, 5) is 43.8. The van der Waals surface area contributed by atoms with Crippen molar-refractivity contribution in [2.45, 2.75) is 12.8 Å². The Balaban J connectivity index is 0. The summed E-state index contributed by atoms with van der Waals surface area (Å²) in [5.74, 6) is -1.53. The summed E-state index contributed by atoms with van der Waals surface area (Å²) in [5.41, 5.74) is 0. The largest absolute Gasteiger partial charge is 0.481 e. The molecule has 0 spiro atoms. The van der Waals surface area contributed by atoms with Gasteiger partial charge in [0.2, 0.25) is 11.8 Å². The number of likely N-dealkylation sites (N-methyl/N-ethyl adjacent to an activating group) is 1. The van der Waals surface area contributed by atoms with Gasteiger partial charge >= 0.3 is 5.97 Å². The Morgan fingerprint density at radius 2 is 1.70 bits per heavy atom. The highest BCUT2D eigenvalue weighted by Gasteiger charge is 2.14. The minimum Gasteiger partial charge on any atom is -0.481 e. The van der Waals surface area contributed by atoms with E-state index in [1.165, 1.54) is 11.0 Å². The minimum absolute atomic E-state index is 0.0333. The van der Waals surface area contributed by atoms with Gasteiger partial charge in [0.15, 0.2) is 0 Å². The number of allylic oxidation sites excluding steroid dienone is 1. The standard InChI is InChI=1S/C12H21N3O4.C3H4O/c1-3-10(16)14-7-9-15(8-6-13-2)11(17)4-5-12(18)19;1-2-3-4/h3,13H,1,4-9H2,2H3,(H,14,16)(H,18,19);2-3H,1H2. The molecule has 0 heterocycles. The van der Waals surface area contributed by atoms with Gasteiger partial charge in [0, 0.05) is 32.6 Å². The second-order valence-electron chi connectivity index (χ2n) is 4.25. The van der Waals surface area contributed by atoms with Crippen LogP contribution >= 0.6 is 0 Å². The number of carbonyl (C=O) groups excluding carboxylic acids is 3. The highest BCUT2D eigenvalue weighted by molar-refractivity contribution is 5.86. The average Bonchev–Trinajstić information content (AvgIpc) is 2.55. The third-order valence-electron chi connectivity index (χ3n) is 2.50. The fourth-order valence-electron chi connectivity index (χ4n) is 1.37.